The predicted octanol–water partition coefficient (Wildman–Crippen LogP) is -0.450. The maximum atomic E-state index is 7.26. The zero-order valence-corrected chi connectivity index (χ0v) is 12.8. The van der Waals surface area contributed by atoms with Crippen molar-refractivity contribution in [2.45, 2.75) is 0 Å². The molecule has 0 fully saturated rings. The van der Waals surface area contributed by atoms with E-state index in [4.69, 9.17) is 63.1 Å². The van der Waals surface area contributed by atoms with E-state index < -0.39 is 0 Å². The number of hydrogen-bond acceptors (Lipinski definition) is 12. The summed E-state index contributed by atoms with van der Waals surface area (Å²) in [6.45, 7) is 0. The Kier molecular flexibility index (Phi) is 249. The number of rotatable bonds is 0. The van der Waals surface area contributed by atoms with Crippen molar-refractivity contribution in [1.29, 1.82) is 63.1 Å². The molecule has 0 N–H and O–H groups in total. The van der Waals surface area contributed by atoms with Crippen molar-refractivity contribution in [1.82, 2.24) is 0 Å². The third kappa shape index (κ3) is 1750. The Bertz CT molecular complexity index is 552. The van der Waals surface area contributed by atoms with E-state index in [0.717, 1.165) is 0 Å². The van der Waals surface area contributed by atoms with Crippen LogP contribution in [0.15, 0.2) is 0 Å². The molecule has 0 aromatic carbocycles. The topological polar surface area (TPSA) is 285 Å². The van der Waals surface area contributed by atoms with E-state index in [9.17, 15) is 0 Å². The van der Waals surface area contributed by atoms with Crippen LogP contribution in [0.4, 0.5) is 0 Å². The van der Waals surface area contributed by atoms with Gasteiger partial charge in [-0.05, 0) is 0 Å². The first-order valence-corrected chi connectivity index (χ1v) is 4.18. The fourth-order valence-electron chi connectivity index (χ4n) is 0. The molecule has 0 spiro atoms. The Morgan fingerprint density at radius 2 is 0.269 bits per heavy atom. The molecule has 0 saturated carbocycles. The fourth-order valence-corrected chi connectivity index (χ4v) is 0. The number of nitriles is 12. The third-order valence-electron chi connectivity index (χ3n) is 0.300. The average molecular weight is 408 g/mol. The molecule has 0 aliphatic carbocycles. The summed E-state index contributed by atoms with van der Waals surface area (Å²) >= 11 is 0. The molecule has 0 bridgehead atoms. The van der Waals surface area contributed by atoms with Gasteiger partial charge in [-0.2, -0.15) is 63.1 Å². The molecule has 0 atom stereocenters. The summed E-state index contributed by atoms with van der Waals surface area (Å²) in [5, 5.41) is 87.2. The van der Waals surface area contributed by atoms with E-state index in [1.807, 2.05) is 0 Å². The zero-order chi connectivity index (χ0) is 20.5. The maximum absolute atomic E-state index is 7.26. The molecule has 0 aromatic rings. The first kappa shape index (κ1) is 49.5. The van der Waals surface area contributed by atoms with Crippen LogP contribution in [-0.4, -0.2) is 51.4 Å². The van der Waals surface area contributed by atoms with Crippen LogP contribution in [0.5, 0.6) is 0 Å². The second kappa shape index (κ2) is 131. The molecule has 0 radical (unpaired) electrons. The Labute approximate surface area is 202 Å². The molecular weight excluding hydrogens is 407 g/mol. The summed E-state index contributed by atoms with van der Waals surface area (Å²) in [4.78, 5) is 0. The van der Waals surface area contributed by atoms with Crippen molar-refractivity contribution < 1.29 is 17.1 Å². The van der Waals surface area contributed by atoms with Gasteiger partial charge in [0.2, 0.25) is 0 Å². The monoisotopic (exact) mass is 408 g/mol. The SMILES string of the molecule is N#CC#N.N#CC#N.N#CC#N.N#CC#N.N#CC#N.N#CC#N.[Fe].[KH]. The van der Waals surface area contributed by atoms with Gasteiger partial charge >= 0.3 is 51.4 Å². The molecule has 14 heteroatoms. The molecule has 0 saturated heterocycles. The number of nitrogens with zero attached hydrogens (tertiary/aromatic N) is 12. The standard InChI is InChI=1S/6C2N2.Fe.K.H/c6*3-1-2-4;;;. The Morgan fingerprint density at radius 1 is 0.231 bits per heavy atom. The van der Waals surface area contributed by atoms with Crippen LogP contribution in [0.3, 0.4) is 0 Å². The molecular formula is C12HFeKN12. The van der Waals surface area contributed by atoms with Crippen LogP contribution in [-0.2, 0) is 17.1 Å². The molecule has 0 rings (SSSR count). The van der Waals surface area contributed by atoms with E-state index in [1.54, 1.807) is 0 Å². The first-order valence-electron chi connectivity index (χ1n) is 4.18. The van der Waals surface area contributed by atoms with E-state index >= 15 is 0 Å². The summed E-state index contributed by atoms with van der Waals surface area (Å²) in [5.41, 5.74) is 0. The van der Waals surface area contributed by atoms with Gasteiger partial charge in [0, 0.05) is 17.1 Å². The second-order valence-corrected chi connectivity index (χ2v) is 1.34. The predicted molar refractivity (Wildman–Crippen MR) is 74.5 cm³/mol. The van der Waals surface area contributed by atoms with E-state index in [2.05, 4.69) is 0 Å². The Morgan fingerprint density at radius 3 is 0.269 bits per heavy atom. The molecule has 0 aliphatic rings. The summed E-state index contributed by atoms with van der Waals surface area (Å²) in [6.07, 6.45) is 0. The van der Waals surface area contributed by atoms with Crippen molar-refractivity contribution in [3.63, 3.8) is 0 Å². The van der Waals surface area contributed by atoms with Crippen molar-refractivity contribution >= 4 is 51.4 Å². The first-order chi connectivity index (χ1) is 11.5. The average Bonchev–Trinajstić information content (AvgIpc) is 2.68. The summed E-state index contributed by atoms with van der Waals surface area (Å²) in [7, 11) is 0. The van der Waals surface area contributed by atoms with E-state index in [0.29, 0.717) is 0 Å². The van der Waals surface area contributed by atoms with E-state index in [-0.39, 0.29) is 68.5 Å². The molecule has 26 heavy (non-hydrogen) atoms. The third-order valence-corrected chi connectivity index (χ3v) is 0.300. The molecule has 0 aliphatic heterocycles. The normalized spacial score (nSPS) is 2.31. The van der Waals surface area contributed by atoms with E-state index in [1.165, 1.54) is 72.8 Å². The van der Waals surface area contributed by atoms with Crippen LogP contribution in [0.1, 0.15) is 0 Å². The van der Waals surface area contributed by atoms with Crippen LogP contribution in [0, 0.1) is 136 Å². The summed E-state index contributed by atoms with van der Waals surface area (Å²) < 4.78 is 0. The van der Waals surface area contributed by atoms with Crippen LogP contribution in [0.2, 0.25) is 0 Å². The van der Waals surface area contributed by atoms with Crippen molar-refractivity contribution in [2.24, 2.45) is 0 Å². The molecule has 118 valence electrons. The van der Waals surface area contributed by atoms with Crippen LogP contribution < -0.4 is 0 Å². The van der Waals surface area contributed by atoms with Gasteiger partial charge in [-0.1, -0.05) is 0 Å². The quantitative estimate of drug-likeness (QED) is 0.460. The van der Waals surface area contributed by atoms with Gasteiger partial charge in [0.25, 0.3) is 0 Å². The fraction of sp³-hybridized carbons (Fsp3) is 0. The second-order valence-electron chi connectivity index (χ2n) is 1.34. The van der Waals surface area contributed by atoms with Gasteiger partial charge in [0.05, 0.1) is 0 Å². The summed E-state index contributed by atoms with van der Waals surface area (Å²) in [6, 6.07) is 14.8. The van der Waals surface area contributed by atoms with Gasteiger partial charge in [-0.3, -0.25) is 0 Å². The van der Waals surface area contributed by atoms with Gasteiger partial charge in [-0.15, -0.1) is 0 Å². The molecule has 0 aromatic heterocycles. The zero-order valence-electron chi connectivity index (χ0n) is 11.7. The molecule has 0 amide bonds. The number of hydrogen-bond donors (Lipinski definition) is 0. The van der Waals surface area contributed by atoms with Gasteiger partial charge in [-0.25, -0.2) is 0 Å². The minimum atomic E-state index is 0. The van der Waals surface area contributed by atoms with Crippen molar-refractivity contribution in [2.75, 3.05) is 0 Å². The minimum absolute atomic E-state index is 0. The molecule has 0 heterocycles. The van der Waals surface area contributed by atoms with Crippen molar-refractivity contribution in [3.05, 3.63) is 0 Å². The molecule has 0 unspecified atom stereocenters. The van der Waals surface area contributed by atoms with Crippen molar-refractivity contribution in [3.8, 4) is 72.8 Å². The van der Waals surface area contributed by atoms with Gasteiger partial charge in [0.15, 0.2) is 72.8 Å². The summed E-state index contributed by atoms with van der Waals surface area (Å²) in [5.74, 6) is 0. The molecule has 12 nitrogen and oxygen atoms in total. The van der Waals surface area contributed by atoms with Gasteiger partial charge in [0.1, 0.15) is 0 Å². The van der Waals surface area contributed by atoms with Crippen LogP contribution in [0.25, 0.3) is 0 Å². The van der Waals surface area contributed by atoms with Crippen LogP contribution >= 0.6 is 0 Å². The van der Waals surface area contributed by atoms with Gasteiger partial charge < -0.3 is 0 Å². The Balaban J connectivity index is -0.0000000245. The Hall–Kier alpha value is -3.96.